The van der Waals surface area contributed by atoms with E-state index >= 15 is 0 Å². The molecule has 1 aliphatic heterocycles. The molecule has 0 spiro atoms. The molecule has 0 bridgehead atoms. The van der Waals surface area contributed by atoms with Crippen molar-refractivity contribution < 1.29 is 17.9 Å². The number of carbonyl (C=O) groups is 1. The summed E-state index contributed by atoms with van der Waals surface area (Å²) in [6, 6.07) is 5.40. The Hall–Kier alpha value is -1.56. The lowest BCUT2D eigenvalue weighted by Crippen LogP contribution is -2.42. The first-order valence-corrected chi connectivity index (χ1v) is 8.90. The molecule has 0 N–H and O–H groups in total. The number of nitrogens with zero attached hydrogens (tertiary/aromatic N) is 1. The van der Waals surface area contributed by atoms with Gasteiger partial charge in [-0.15, -0.1) is 0 Å². The predicted molar refractivity (Wildman–Crippen MR) is 82.5 cm³/mol. The van der Waals surface area contributed by atoms with Gasteiger partial charge in [0.25, 0.3) is 0 Å². The van der Waals surface area contributed by atoms with Crippen molar-refractivity contribution in [2.75, 3.05) is 23.0 Å². The second-order valence-electron chi connectivity index (χ2n) is 5.37. The maximum absolute atomic E-state index is 12.4. The summed E-state index contributed by atoms with van der Waals surface area (Å²) in [6.07, 6.45) is -0.0217. The number of para-hydroxylation sites is 1. The smallest absolute Gasteiger partial charge is 0.414 e. The number of anilines is 1. The van der Waals surface area contributed by atoms with Crippen LogP contribution in [0.2, 0.25) is 0 Å². The molecule has 1 aliphatic rings. The maximum Gasteiger partial charge on any atom is 0.414 e. The van der Waals surface area contributed by atoms with E-state index in [4.69, 9.17) is 4.74 Å². The molecular weight excluding hydrogens is 290 g/mol. The molecule has 0 aromatic heterocycles. The molecule has 6 heteroatoms. The number of benzene rings is 1. The minimum atomic E-state index is -3.07. The van der Waals surface area contributed by atoms with E-state index in [1.807, 2.05) is 32.0 Å². The molecule has 1 fully saturated rings. The quantitative estimate of drug-likeness (QED) is 0.860. The van der Waals surface area contributed by atoms with Crippen LogP contribution in [0.25, 0.3) is 0 Å². The second kappa shape index (κ2) is 6.05. The number of sulfone groups is 1. The van der Waals surface area contributed by atoms with Crippen LogP contribution < -0.4 is 4.90 Å². The highest BCUT2D eigenvalue weighted by molar-refractivity contribution is 7.91. The maximum atomic E-state index is 12.4. The van der Waals surface area contributed by atoms with Crippen LogP contribution in [0, 0.1) is 13.8 Å². The minimum Gasteiger partial charge on any atom is -0.449 e. The van der Waals surface area contributed by atoms with Gasteiger partial charge in [-0.1, -0.05) is 18.2 Å². The first kappa shape index (κ1) is 15.8. The third-order valence-electron chi connectivity index (χ3n) is 3.72. The Bertz CT molecular complexity index is 619. The SMILES string of the molecule is CCOC(=O)N(c1c(C)cccc1C)C1CCS(=O)(=O)C1. The van der Waals surface area contributed by atoms with Crippen LogP contribution in [0.1, 0.15) is 24.5 Å². The van der Waals surface area contributed by atoms with Crippen molar-refractivity contribution in [1.82, 2.24) is 0 Å². The third kappa shape index (κ3) is 3.37. The standard InChI is InChI=1S/C15H21NO4S/c1-4-20-15(17)16(13-8-9-21(18,19)10-13)14-11(2)6-5-7-12(14)3/h5-7,13H,4,8-10H2,1-3H3. The Morgan fingerprint density at radius 3 is 2.43 bits per heavy atom. The third-order valence-corrected chi connectivity index (χ3v) is 5.47. The van der Waals surface area contributed by atoms with E-state index in [9.17, 15) is 13.2 Å². The zero-order valence-electron chi connectivity index (χ0n) is 12.6. The molecule has 0 radical (unpaired) electrons. The number of hydrogen-bond donors (Lipinski definition) is 0. The molecule has 1 aromatic carbocycles. The van der Waals surface area contributed by atoms with Gasteiger partial charge in [0.2, 0.25) is 0 Å². The molecule has 1 saturated heterocycles. The summed E-state index contributed by atoms with van der Waals surface area (Å²) in [5.74, 6) is 0.123. The normalized spacial score (nSPS) is 20.2. The van der Waals surface area contributed by atoms with Crippen molar-refractivity contribution in [2.45, 2.75) is 33.2 Å². The zero-order valence-corrected chi connectivity index (χ0v) is 13.4. The molecule has 116 valence electrons. The second-order valence-corrected chi connectivity index (χ2v) is 7.59. The van der Waals surface area contributed by atoms with E-state index in [0.29, 0.717) is 6.42 Å². The van der Waals surface area contributed by atoms with Gasteiger partial charge in [-0.25, -0.2) is 13.2 Å². The molecule has 2 rings (SSSR count). The molecule has 0 saturated carbocycles. The summed E-state index contributed by atoms with van der Waals surface area (Å²) < 4.78 is 28.6. The van der Waals surface area contributed by atoms with Crippen molar-refractivity contribution in [3.63, 3.8) is 0 Å². The van der Waals surface area contributed by atoms with Gasteiger partial charge in [0.15, 0.2) is 9.84 Å². The lowest BCUT2D eigenvalue weighted by atomic mass is 10.1. The fourth-order valence-corrected chi connectivity index (χ4v) is 4.48. The Labute approximate surface area is 125 Å². The van der Waals surface area contributed by atoms with Crippen LogP contribution in [0.3, 0.4) is 0 Å². The van der Waals surface area contributed by atoms with Crippen LogP contribution in [-0.2, 0) is 14.6 Å². The van der Waals surface area contributed by atoms with Crippen molar-refractivity contribution >= 4 is 21.6 Å². The fraction of sp³-hybridized carbons (Fsp3) is 0.533. The average Bonchev–Trinajstić information content (AvgIpc) is 2.74. The topological polar surface area (TPSA) is 63.7 Å². The summed E-state index contributed by atoms with van der Waals surface area (Å²) in [5.41, 5.74) is 2.64. The minimum absolute atomic E-state index is 0.000408. The predicted octanol–water partition coefficient (Wildman–Crippen LogP) is 2.45. The van der Waals surface area contributed by atoms with E-state index in [2.05, 4.69) is 0 Å². The van der Waals surface area contributed by atoms with Gasteiger partial charge in [0, 0.05) is 0 Å². The highest BCUT2D eigenvalue weighted by Crippen LogP contribution is 2.30. The Morgan fingerprint density at radius 2 is 1.95 bits per heavy atom. The van der Waals surface area contributed by atoms with Gasteiger partial charge in [-0.05, 0) is 38.3 Å². The molecule has 21 heavy (non-hydrogen) atoms. The first-order valence-electron chi connectivity index (χ1n) is 7.08. The van der Waals surface area contributed by atoms with E-state index in [1.165, 1.54) is 4.90 Å². The van der Waals surface area contributed by atoms with Crippen LogP contribution in [0.4, 0.5) is 10.5 Å². The molecule has 1 atom stereocenters. The van der Waals surface area contributed by atoms with Crippen molar-refractivity contribution in [3.8, 4) is 0 Å². The highest BCUT2D eigenvalue weighted by Gasteiger charge is 2.37. The van der Waals surface area contributed by atoms with Crippen molar-refractivity contribution in [1.29, 1.82) is 0 Å². The number of ether oxygens (including phenoxy) is 1. The molecule has 1 aromatic rings. The summed E-state index contributed by atoms with van der Waals surface area (Å²) in [4.78, 5) is 13.9. The van der Waals surface area contributed by atoms with E-state index in [0.717, 1.165) is 16.8 Å². The zero-order chi connectivity index (χ0) is 15.6. The molecule has 1 heterocycles. The number of amides is 1. The highest BCUT2D eigenvalue weighted by atomic mass is 32.2. The van der Waals surface area contributed by atoms with E-state index in [1.54, 1.807) is 6.92 Å². The van der Waals surface area contributed by atoms with Crippen molar-refractivity contribution in [2.24, 2.45) is 0 Å². The molecule has 1 amide bonds. The van der Waals surface area contributed by atoms with Crippen molar-refractivity contribution in [3.05, 3.63) is 29.3 Å². The Balaban J connectivity index is 2.44. The van der Waals surface area contributed by atoms with Gasteiger partial charge in [-0.2, -0.15) is 0 Å². The number of aryl methyl sites for hydroxylation is 2. The van der Waals surface area contributed by atoms with E-state index < -0.39 is 15.9 Å². The largest absolute Gasteiger partial charge is 0.449 e. The Kier molecular flexibility index (Phi) is 4.56. The van der Waals surface area contributed by atoms with Gasteiger partial charge in [0.1, 0.15) is 0 Å². The lowest BCUT2D eigenvalue weighted by Gasteiger charge is -2.30. The average molecular weight is 311 g/mol. The summed E-state index contributed by atoms with van der Waals surface area (Å²) >= 11 is 0. The summed E-state index contributed by atoms with van der Waals surface area (Å²) in [5, 5.41) is 0. The number of hydrogen-bond acceptors (Lipinski definition) is 4. The molecule has 0 aliphatic carbocycles. The van der Waals surface area contributed by atoms with E-state index in [-0.39, 0.29) is 24.2 Å². The lowest BCUT2D eigenvalue weighted by molar-refractivity contribution is 0.157. The monoisotopic (exact) mass is 311 g/mol. The molecular formula is C15H21NO4S. The summed E-state index contributed by atoms with van der Waals surface area (Å²) in [7, 11) is -3.07. The van der Waals surface area contributed by atoms with Gasteiger partial charge < -0.3 is 4.74 Å². The first-order chi connectivity index (χ1) is 9.85. The van der Waals surface area contributed by atoms with Gasteiger partial charge >= 0.3 is 6.09 Å². The number of rotatable bonds is 3. The van der Waals surface area contributed by atoms with Crippen LogP contribution >= 0.6 is 0 Å². The van der Waals surface area contributed by atoms with Crippen LogP contribution in [-0.4, -0.2) is 38.7 Å². The van der Waals surface area contributed by atoms with Gasteiger partial charge in [0.05, 0.1) is 29.8 Å². The van der Waals surface area contributed by atoms with Crippen LogP contribution in [0.5, 0.6) is 0 Å². The Morgan fingerprint density at radius 1 is 1.33 bits per heavy atom. The molecule has 5 nitrogen and oxygen atoms in total. The summed E-state index contributed by atoms with van der Waals surface area (Å²) in [6.45, 7) is 5.84. The van der Waals surface area contributed by atoms with Crippen LogP contribution in [0.15, 0.2) is 18.2 Å². The van der Waals surface area contributed by atoms with Gasteiger partial charge in [-0.3, -0.25) is 4.90 Å². The molecule has 1 unspecified atom stereocenters. The fourth-order valence-electron chi connectivity index (χ4n) is 2.78. The number of carbonyl (C=O) groups excluding carboxylic acids is 1.